The Bertz CT molecular complexity index is 597. The van der Waals surface area contributed by atoms with Crippen molar-refractivity contribution in [3.8, 4) is 5.75 Å². The molecular formula is C15H18ClNO3. The van der Waals surface area contributed by atoms with Gasteiger partial charge in [-0.25, -0.2) is 4.79 Å². The number of halogens is 1. The Morgan fingerprint density at radius 2 is 1.90 bits per heavy atom. The molecule has 0 amide bonds. The minimum absolute atomic E-state index is 0. The zero-order valence-electron chi connectivity index (χ0n) is 11.2. The molecule has 4 nitrogen and oxygen atoms in total. The van der Waals surface area contributed by atoms with Gasteiger partial charge in [0.1, 0.15) is 17.4 Å². The van der Waals surface area contributed by atoms with Crippen molar-refractivity contribution in [2.45, 2.75) is 19.4 Å². The smallest absolute Gasteiger partial charge is 0.339 e. The molecule has 0 aromatic heterocycles. The van der Waals surface area contributed by atoms with E-state index in [-0.39, 0.29) is 24.1 Å². The first kappa shape index (κ1) is 16.3. The maximum atomic E-state index is 11.3. The van der Waals surface area contributed by atoms with E-state index in [9.17, 15) is 9.90 Å². The molecule has 0 aliphatic rings. The molecule has 1 atom stereocenters. The van der Waals surface area contributed by atoms with Gasteiger partial charge in [-0.15, -0.1) is 12.4 Å². The van der Waals surface area contributed by atoms with Gasteiger partial charge in [0.2, 0.25) is 0 Å². The molecule has 20 heavy (non-hydrogen) atoms. The third-order valence-electron chi connectivity index (χ3n) is 3.09. The molecule has 0 fully saturated rings. The molecule has 0 heterocycles. The van der Waals surface area contributed by atoms with Gasteiger partial charge in [0, 0.05) is 6.54 Å². The summed E-state index contributed by atoms with van der Waals surface area (Å²) < 4.78 is 5.71. The number of carboxylic acid groups (broad SMARTS) is 1. The predicted octanol–water partition coefficient (Wildman–Crippen LogP) is 3.08. The molecule has 5 heteroatoms. The van der Waals surface area contributed by atoms with Crippen LogP contribution in [0.5, 0.6) is 5.75 Å². The molecule has 0 aliphatic heterocycles. The van der Waals surface area contributed by atoms with Gasteiger partial charge in [0.25, 0.3) is 0 Å². The number of ether oxygens (including phenoxy) is 1. The minimum atomic E-state index is -0.993. The molecule has 1 unspecified atom stereocenters. The summed E-state index contributed by atoms with van der Waals surface area (Å²) in [5.41, 5.74) is 5.77. The first-order valence-corrected chi connectivity index (χ1v) is 6.28. The van der Waals surface area contributed by atoms with E-state index in [1.165, 1.54) is 0 Å². The van der Waals surface area contributed by atoms with Crippen molar-refractivity contribution in [2.24, 2.45) is 5.73 Å². The topological polar surface area (TPSA) is 72.5 Å². The second-order valence-electron chi connectivity index (χ2n) is 4.38. The summed E-state index contributed by atoms with van der Waals surface area (Å²) in [4.78, 5) is 11.3. The van der Waals surface area contributed by atoms with E-state index in [1.54, 1.807) is 12.1 Å². The minimum Gasteiger partial charge on any atom is -0.488 e. The lowest BCUT2D eigenvalue weighted by Crippen LogP contribution is -2.26. The van der Waals surface area contributed by atoms with Crippen LogP contribution in [0.25, 0.3) is 10.8 Å². The van der Waals surface area contributed by atoms with Gasteiger partial charge in [-0.1, -0.05) is 31.2 Å². The number of carbonyl (C=O) groups is 1. The Morgan fingerprint density at radius 1 is 1.30 bits per heavy atom. The van der Waals surface area contributed by atoms with Crippen LogP contribution in [-0.2, 0) is 0 Å². The third-order valence-corrected chi connectivity index (χ3v) is 3.09. The number of nitrogens with two attached hydrogens (primary N) is 1. The predicted molar refractivity (Wildman–Crippen MR) is 81.9 cm³/mol. The molecule has 0 spiro atoms. The van der Waals surface area contributed by atoms with E-state index in [4.69, 9.17) is 10.5 Å². The van der Waals surface area contributed by atoms with Crippen LogP contribution in [-0.4, -0.2) is 23.7 Å². The van der Waals surface area contributed by atoms with Crippen LogP contribution < -0.4 is 10.5 Å². The monoisotopic (exact) mass is 295 g/mol. The van der Waals surface area contributed by atoms with E-state index >= 15 is 0 Å². The summed E-state index contributed by atoms with van der Waals surface area (Å²) in [6.07, 6.45) is 0.571. The second-order valence-corrected chi connectivity index (χ2v) is 4.38. The lowest BCUT2D eigenvalue weighted by atomic mass is 10.1. The molecule has 0 radical (unpaired) electrons. The highest BCUT2D eigenvalue weighted by Gasteiger charge is 2.15. The molecule has 0 saturated heterocycles. The van der Waals surface area contributed by atoms with E-state index in [0.29, 0.717) is 12.3 Å². The molecule has 2 aromatic carbocycles. The van der Waals surface area contributed by atoms with Crippen LogP contribution in [0.3, 0.4) is 0 Å². The van der Waals surface area contributed by atoms with E-state index in [1.807, 2.05) is 31.2 Å². The quantitative estimate of drug-likeness (QED) is 0.889. The summed E-state index contributed by atoms with van der Waals surface area (Å²) in [5.74, 6) is -0.615. The van der Waals surface area contributed by atoms with Crippen LogP contribution in [0.2, 0.25) is 0 Å². The number of hydrogen-bond acceptors (Lipinski definition) is 3. The van der Waals surface area contributed by atoms with E-state index in [2.05, 4.69) is 0 Å². The van der Waals surface area contributed by atoms with Gasteiger partial charge in [0.15, 0.2) is 0 Å². The molecule has 0 bridgehead atoms. The fourth-order valence-electron chi connectivity index (χ4n) is 1.96. The fraction of sp³-hybridized carbons (Fsp3) is 0.267. The van der Waals surface area contributed by atoms with Crippen LogP contribution in [0.15, 0.2) is 36.4 Å². The van der Waals surface area contributed by atoms with Gasteiger partial charge in [0.05, 0.1) is 0 Å². The first-order chi connectivity index (χ1) is 9.15. The highest BCUT2D eigenvalue weighted by Crippen LogP contribution is 2.27. The van der Waals surface area contributed by atoms with Crippen LogP contribution in [0.4, 0.5) is 0 Å². The molecule has 2 rings (SSSR count). The van der Waals surface area contributed by atoms with E-state index in [0.717, 1.165) is 17.2 Å². The highest BCUT2D eigenvalue weighted by atomic mass is 35.5. The molecular weight excluding hydrogens is 278 g/mol. The maximum absolute atomic E-state index is 11.3. The molecule has 0 aliphatic carbocycles. The molecule has 0 saturated carbocycles. The largest absolute Gasteiger partial charge is 0.488 e. The summed E-state index contributed by atoms with van der Waals surface area (Å²) in [6, 6.07) is 11.0. The Balaban J connectivity index is 0.00000200. The number of benzene rings is 2. The number of hydrogen-bond donors (Lipinski definition) is 2. The molecule has 108 valence electrons. The Morgan fingerprint density at radius 3 is 2.40 bits per heavy atom. The average molecular weight is 296 g/mol. The van der Waals surface area contributed by atoms with Crippen LogP contribution in [0.1, 0.15) is 23.7 Å². The van der Waals surface area contributed by atoms with Gasteiger partial charge in [-0.05, 0) is 29.3 Å². The SMILES string of the molecule is CCC(CN)Oc1cc2ccccc2cc1C(=O)O.Cl. The van der Waals surface area contributed by atoms with Gasteiger partial charge in [-0.2, -0.15) is 0 Å². The summed E-state index contributed by atoms with van der Waals surface area (Å²) in [6.45, 7) is 2.32. The van der Waals surface area contributed by atoms with Crippen molar-refractivity contribution in [2.75, 3.05) is 6.54 Å². The average Bonchev–Trinajstić information content (AvgIpc) is 2.43. The van der Waals surface area contributed by atoms with E-state index < -0.39 is 5.97 Å². The van der Waals surface area contributed by atoms with Crippen molar-refractivity contribution in [1.29, 1.82) is 0 Å². The van der Waals surface area contributed by atoms with Crippen molar-refractivity contribution in [1.82, 2.24) is 0 Å². The van der Waals surface area contributed by atoms with Gasteiger partial charge < -0.3 is 15.6 Å². The zero-order chi connectivity index (χ0) is 13.8. The summed E-state index contributed by atoms with van der Waals surface area (Å²) in [5, 5.41) is 11.1. The Labute approximate surface area is 124 Å². The normalized spacial score (nSPS) is 11.7. The van der Waals surface area contributed by atoms with Crippen molar-refractivity contribution >= 4 is 29.1 Å². The second kappa shape index (κ2) is 7.12. The maximum Gasteiger partial charge on any atom is 0.339 e. The van der Waals surface area contributed by atoms with Crippen molar-refractivity contribution in [3.05, 3.63) is 42.0 Å². The van der Waals surface area contributed by atoms with Gasteiger partial charge in [-0.3, -0.25) is 0 Å². The lowest BCUT2D eigenvalue weighted by Gasteiger charge is -2.17. The number of carboxylic acids is 1. The standard InChI is InChI=1S/C15H17NO3.ClH/c1-2-12(9-16)19-14-8-11-6-4-3-5-10(11)7-13(14)15(17)18;/h3-8,12H,2,9,16H2,1H3,(H,17,18);1H. The molecule has 2 aromatic rings. The Hall–Kier alpha value is -1.78. The fourth-order valence-corrected chi connectivity index (χ4v) is 1.96. The summed E-state index contributed by atoms with van der Waals surface area (Å²) >= 11 is 0. The summed E-state index contributed by atoms with van der Waals surface area (Å²) in [7, 11) is 0. The zero-order valence-corrected chi connectivity index (χ0v) is 12.0. The Kier molecular flexibility index (Phi) is 5.80. The van der Waals surface area contributed by atoms with Crippen molar-refractivity contribution in [3.63, 3.8) is 0 Å². The number of aromatic carboxylic acids is 1. The van der Waals surface area contributed by atoms with Crippen LogP contribution >= 0.6 is 12.4 Å². The van der Waals surface area contributed by atoms with Gasteiger partial charge >= 0.3 is 5.97 Å². The first-order valence-electron chi connectivity index (χ1n) is 6.28. The lowest BCUT2D eigenvalue weighted by molar-refractivity contribution is 0.0689. The number of fused-ring (bicyclic) bond motifs is 1. The third kappa shape index (κ3) is 3.40. The van der Waals surface area contributed by atoms with Crippen molar-refractivity contribution < 1.29 is 14.6 Å². The number of rotatable bonds is 5. The van der Waals surface area contributed by atoms with Crippen LogP contribution in [0, 0.1) is 0 Å². The molecule has 3 N–H and O–H groups in total. The highest BCUT2D eigenvalue weighted by molar-refractivity contribution is 5.97.